The number of allylic oxidation sites excluding steroid dienone is 1. The molecule has 0 saturated heterocycles. The van der Waals surface area contributed by atoms with E-state index in [1.54, 1.807) is 18.2 Å². The molecule has 0 unspecified atom stereocenters. The molecule has 0 spiro atoms. The number of benzene rings is 1. The molecule has 0 aromatic heterocycles. The molecule has 0 bridgehead atoms. The summed E-state index contributed by atoms with van der Waals surface area (Å²) in [5, 5.41) is 8.82. The number of hydrogen-bond donors (Lipinski definition) is 0. The Hall–Kier alpha value is -2.08. The maximum Gasteiger partial charge on any atom is 0.331 e. The summed E-state index contributed by atoms with van der Waals surface area (Å²) in [7, 11) is 0. The van der Waals surface area contributed by atoms with Crippen molar-refractivity contribution in [2.45, 2.75) is 33.3 Å². The van der Waals surface area contributed by atoms with Crippen molar-refractivity contribution in [2.24, 2.45) is 0 Å². The second-order valence-corrected chi connectivity index (χ2v) is 5.05. The van der Waals surface area contributed by atoms with Gasteiger partial charge >= 0.3 is 5.97 Å². The molecule has 0 N–H and O–H groups in total. The topological polar surface area (TPSA) is 50.1 Å². The van der Waals surface area contributed by atoms with E-state index in [-0.39, 0.29) is 5.97 Å². The molecular formula is C15H17NO2. The molecule has 0 aliphatic carbocycles. The van der Waals surface area contributed by atoms with E-state index in [1.807, 2.05) is 33.8 Å². The van der Waals surface area contributed by atoms with E-state index in [1.165, 1.54) is 6.08 Å². The van der Waals surface area contributed by atoms with Gasteiger partial charge in [0.2, 0.25) is 0 Å². The van der Waals surface area contributed by atoms with Gasteiger partial charge < -0.3 is 4.74 Å². The Kier molecular flexibility index (Phi) is 4.28. The minimum Gasteiger partial charge on any atom is -0.457 e. The van der Waals surface area contributed by atoms with Gasteiger partial charge in [-0.2, -0.15) is 5.26 Å². The Labute approximate surface area is 108 Å². The molecule has 0 radical (unpaired) electrons. The van der Waals surface area contributed by atoms with Crippen molar-refractivity contribution >= 4 is 11.5 Å². The van der Waals surface area contributed by atoms with Crippen molar-refractivity contribution in [3.8, 4) is 6.07 Å². The van der Waals surface area contributed by atoms with Gasteiger partial charge in [-0.05, 0) is 51.0 Å². The highest BCUT2D eigenvalue weighted by Crippen LogP contribution is 2.16. The zero-order valence-electron chi connectivity index (χ0n) is 11.2. The summed E-state index contributed by atoms with van der Waals surface area (Å²) >= 11 is 0. The van der Waals surface area contributed by atoms with Crippen LogP contribution in [0.1, 0.15) is 38.8 Å². The van der Waals surface area contributed by atoms with Crippen molar-refractivity contribution in [3.63, 3.8) is 0 Å². The molecule has 3 heteroatoms. The molecule has 0 aliphatic heterocycles. The molecule has 1 rings (SSSR count). The lowest BCUT2D eigenvalue weighted by Gasteiger charge is -2.18. The zero-order chi connectivity index (χ0) is 13.8. The first-order valence-electron chi connectivity index (χ1n) is 5.73. The van der Waals surface area contributed by atoms with Crippen LogP contribution in [-0.4, -0.2) is 11.6 Å². The first kappa shape index (κ1) is 14.0. The highest BCUT2D eigenvalue weighted by atomic mass is 16.6. The van der Waals surface area contributed by atoms with Gasteiger partial charge in [-0.15, -0.1) is 0 Å². The summed E-state index contributed by atoms with van der Waals surface area (Å²) < 4.78 is 5.21. The normalized spacial score (nSPS) is 11.8. The van der Waals surface area contributed by atoms with Gasteiger partial charge in [-0.25, -0.2) is 4.79 Å². The van der Waals surface area contributed by atoms with Crippen molar-refractivity contribution < 1.29 is 9.53 Å². The first-order chi connectivity index (χ1) is 8.31. The third-order valence-electron chi connectivity index (χ3n) is 2.19. The van der Waals surface area contributed by atoms with Gasteiger partial charge in [0, 0.05) is 6.08 Å². The first-order valence-corrected chi connectivity index (χ1v) is 5.73. The lowest BCUT2D eigenvalue weighted by atomic mass is 10.0. The van der Waals surface area contributed by atoms with E-state index < -0.39 is 5.60 Å². The summed E-state index contributed by atoms with van der Waals surface area (Å²) in [5.74, 6) is -0.373. The van der Waals surface area contributed by atoms with Crippen molar-refractivity contribution in [1.29, 1.82) is 5.26 Å². The van der Waals surface area contributed by atoms with Crippen LogP contribution in [0.15, 0.2) is 30.3 Å². The Bertz CT molecular complexity index is 516. The molecule has 0 aliphatic rings. The van der Waals surface area contributed by atoms with Crippen LogP contribution in [0.5, 0.6) is 0 Å². The lowest BCUT2D eigenvalue weighted by Crippen LogP contribution is -2.22. The second kappa shape index (κ2) is 5.50. The third-order valence-corrected chi connectivity index (χ3v) is 2.19. The molecule has 0 atom stereocenters. The van der Waals surface area contributed by atoms with E-state index in [2.05, 4.69) is 6.07 Å². The number of ether oxygens (including phenoxy) is 1. The standard InChI is InChI=1S/C15H17NO2/c1-11(8-14(17)18-15(2,3)4)13-7-5-6-12(9-13)10-16/h5-9H,1-4H3/b11-8-. The number of carbonyl (C=O) groups excluding carboxylic acids is 1. The second-order valence-electron chi connectivity index (χ2n) is 5.05. The van der Waals surface area contributed by atoms with E-state index in [4.69, 9.17) is 10.00 Å². The highest BCUT2D eigenvalue weighted by Gasteiger charge is 2.14. The Balaban J connectivity index is 2.89. The van der Waals surface area contributed by atoms with E-state index in [0.29, 0.717) is 5.56 Å². The summed E-state index contributed by atoms with van der Waals surface area (Å²) in [6.45, 7) is 7.29. The molecule has 0 amide bonds. The van der Waals surface area contributed by atoms with Crippen LogP contribution >= 0.6 is 0 Å². The van der Waals surface area contributed by atoms with Crippen molar-refractivity contribution in [1.82, 2.24) is 0 Å². The van der Waals surface area contributed by atoms with Crippen LogP contribution in [0, 0.1) is 11.3 Å². The SMILES string of the molecule is C/C(=C/C(=O)OC(C)(C)C)c1cccc(C#N)c1. The molecule has 1 aromatic rings. The summed E-state index contributed by atoms with van der Waals surface area (Å²) in [4.78, 5) is 11.6. The fourth-order valence-corrected chi connectivity index (χ4v) is 1.43. The van der Waals surface area contributed by atoms with E-state index >= 15 is 0 Å². The number of carbonyl (C=O) groups is 1. The molecular weight excluding hydrogens is 226 g/mol. The van der Waals surface area contributed by atoms with Gasteiger partial charge in [0.15, 0.2) is 0 Å². The fourth-order valence-electron chi connectivity index (χ4n) is 1.43. The van der Waals surface area contributed by atoms with Gasteiger partial charge in [0.25, 0.3) is 0 Å². The predicted molar refractivity (Wildman–Crippen MR) is 70.7 cm³/mol. The highest BCUT2D eigenvalue weighted by molar-refractivity contribution is 5.91. The number of nitriles is 1. The van der Waals surface area contributed by atoms with Crippen LogP contribution in [0.25, 0.3) is 5.57 Å². The predicted octanol–water partition coefficient (Wildman–Crippen LogP) is 3.30. The Morgan fingerprint density at radius 2 is 2.06 bits per heavy atom. The zero-order valence-corrected chi connectivity index (χ0v) is 11.2. The minimum absolute atomic E-state index is 0.373. The van der Waals surface area contributed by atoms with Gasteiger partial charge in [-0.1, -0.05) is 12.1 Å². The van der Waals surface area contributed by atoms with Gasteiger partial charge in [-0.3, -0.25) is 0 Å². The van der Waals surface area contributed by atoms with Crippen LogP contribution < -0.4 is 0 Å². The van der Waals surface area contributed by atoms with Crippen LogP contribution in [-0.2, 0) is 9.53 Å². The van der Waals surface area contributed by atoms with Crippen LogP contribution in [0.3, 0.4) is 0 Å². The lowest BCUT2D eigenvalue weighted by molar-refractivity contribution is -0.148. The van der Waals surface area contributed by atoms with Crippen molar-refractivity contribution in [3.05, 3.63) is 41.5 Å². The largest absolute Gasteiger partial charge is 0.457 e. The van der Waals surface area contributed by atoms with Crippen molar-refractivity contribution in [2.75, 3.05) is 0 Å². The van der Waals surface area contributed by atoms with E-state index in [0.717, 1.165) is 11.1 Å². The maximum absolute atomic E-state index is 11.6. The smallest absolute Gasteiger partial charge is 0.331 e. The molecule has 94 valence electrons. The number of nitrogens with zero attached hydrogens (tertiary/aromatic N) is 1. The molecule has 18 heavy (non-hydrogen) atoms. The fraction of sp³-hybridized carbons (Fsp3) is 0.333. The number of rotatable bonds is 2. The molecule has 0 fully saturated rings. The average Bonchev–Trinajstić information content (AvgIpc) is 2.26. The summed E-state index contributed by atoms with van der Waals surface area (Å²) in [6.07, 6.45) is 1.45. The Morgan fingerprint density at radius 1 is 1.39 bits per heavy atom. The number of esters is 1. The quantitative estimate of drug-likeness (QED) is 0.591. The Morgan fingerprint density at radius 3 is 2.61 bits per heavy atom. The monoisotopic (exact) mass is 243 g/mol. The average molecular weight is 243 g/mol. The van der Waals surface area contributed by atoms with Crippen LogP contribution in [0.4, 0.5) is 0 Å². The summed E-state index contributed by atoms with van der Waals surface area (Å²) in [5.41, 5.74) is 1.70. The molecule has 0 heterocycles. The molecule has 0 saturated carbocycles. The van der Waals surface area contributed by atoms with E-state index in [9.17, 15) is 4.79 Å². The number of hydrogen-bond acceptors (Lipinski definition) is 3. The van der Waals surface area contributed by atoms with Gasteiger partial charge in [0.1, 0.15) is 5.60 Å². The molecule has 1 aromatic carbocycles. The van der Waals surface area contributed by atoms with Gasteiger partial charge in [0.05, 0.1) is 11.6 Å². The minimum atomic E-state index is -0.498. The van der Waals surface area contributed by atoms with Crippen LogP contribution in [0.2, 0.25) is 0 Å². The maximum atomic E-state index is 11.6. The summed E-state index contributed by atoms with van der Waals surface area (Å²) in [6, 6.07) is 9.19. The molecule has 3 nitrogen and oxygen atoms in total. The third kappa shape index (κ3) is 4.42.